The van der Waals surface area contributed by atoms with E-state index in [1.807, 2.05) is 44.2 Å². The van der Waals surface area contributed by atoms with Crippen LogP contribution in [0.3, 0.4) is 0 Å². The second kappa shape index (κ2) is 10.9. The molecule has 2 N–H and O–H groups in total. The molecular weight excluding hydrogens is 536 g/mol. The molecule has 39 heavy (non-hydrogen) atoms. The monoisotopic (exact) mass is 564 g/mol. The summed E-state index contributed by atoms with van der Waals surface area (Å²) in [6.07, 6.45) is 0.356. The summed E-state index contributed by atoms with van der Waals surface area (Å²) in [7, 11) is -3.98. The molecule has 1 unspecified atom stereocenters. The lowest BCUT2D eigenvalue weighted by Crippen LogP contribution is -2.41. The third kappa shape index (κ3) is 5.10. The zero-order chi connectivity index (χ0) is 27.7. The summed E-state index contributed by atoms with van der Waals surface area (Å²) in [6.45, 7) is 4.09. The van der Waals surface area contributed by atoms with Crippen LogP contribution < -0.4 is 11.3 Å². The normalized spacial score (nSPS) is 12.9. The van der Waals surface area contributed by atoms with Crippen molar-refractivity contribution >= 4 is 43.7 Å². The van der Waals surface area contributed by atoms with Crippen molar-refractivity contribution in [2.75, 3.05) is 13.1 Å². The Labute approximate surface area is 231 Å². The van der Waals surface area contributed by atoms with E-state index in [2.05, 4.69) is 0 Å². The van der Waals surface area contributed by atoms with Crippen molar-refractivity contribution in [3.05, 3.63) is 105 Å². The van der Waals surface area contributed by atoms with Gasteiger partial charge < -0.3 is 10.2 Å². The molecule has 0 amide bonds. The van der Waals surface area contributed by atoms with Crippen molar-refractivity contribution in [3.8, 4) is 0 Å². The highest BCUT2D eigenvalue weighted by atomic mass is 35.5. The number of rotatable bonds is 9. The number of hydrogen-bond acceptors (Lipinski definition) is 6. The van der Waals surface area contributed by atoms with Crippen LogP contribution in [0.15, 0.2) is 86.9 Å². The van der Waals surface area contributed by atoms with Crippen LogP contribution in [0.1, 0.15) is 36.3 Å². The molecule has 10 heteroatoms. The fraction of sp³-hybridized carbons (Fsp3) is 0.241. The van der Waals surface area contributed by atoms with Crippen LogP contribution in [0.2, 0.25) is 5.02 Å². The van der Waals surface area contributed by atoms with Crippen molar-refractivity contribution in [1.82, 2.24) is 13.9 Å². The highest BCUT2D eigenvalue weighted by molar-refractivity contribution is 7.89. The molecule has 8 nitrogen and oxygen atoms in total. The van der Waals surface area contributed by atoms with Crippen LogP contribution in [0.5, 0.6) is 0 Å². The van der Waals surface area contributed by atoms with Gasteiger partial charge in [-0.25, -0.2) is 13.4 Å². The third-order valence-corrected chi connectivity index (χ3v) is 8.92. The molecule has 0 aliphatic heterocycles. The lowest BCUT2D eigenvalue weighted by atomic mass is 10.1. The van der Waals surface area contributed by atoms with Crippen LogP contribution >= 0.6 is 11.6 Å². The largest absolute Gasteiger partial charge is 0.448 e. The summed E-state index contributed by atoms with van der Waals surface area (Å²) in [4.78, 5) is 19.0. The molecule has 0 radical (unpaired) electrons. The summed E-state index contributed by atoms with van der Waals surface area (Å²) in [5.41, 5.74) is 8.25. The first-order valence-electron chi connectivity index (χ1n) is 12.7. The fourth-order valence-corrected chi connectivity index (χ4v) is 6.67. The molecule has 3 aromatic carbocycles. The summed E-state index contributed by atoms with van der Waals surface area (Å²) in [5, 5.41) is 1.06. The van der Waals surface area contributed by atoms with Gasteiger partial charge in [0.2, 0.25) is 15.6 Å². The molecule has 0 aliphatic rings. The minimum absolute atomic E-state index is 0.0475. The Balaban J connectivity index is 1.77. The van der Waals surface area contributed by atoms with Gasteiger partial charge in [0.1, 0.15) is 16.9 Å². The van der Waals surface area contributed by atoms with Crippen LogP contribution in [-0.2, 0) is 16.6 Å². The van der Waals surface area contributed by atoms with E-state index in [1.165, 1.54) is 8.87 Å². The lowest BCUT2D eigenvalue weighted by Gasteiger charge is -2.31. The minimum Gasteiger partial charge on any atom is -0.448 e. The second-order valence-electron chi connectivity index (χ2n) is 9.41. The van der Waals surface area contributed by atoms with Crippen LogP contribution in [0, 0.1) is 6.92 Å². The first-order chi connectivity index (χ1) is 18.7. The molecule has 0 bridgehead atoms. The minimum atomic E-state index is -3.98. The first-order valence-corrected chi connectivity index (χ1v) is 14.5. The zero-order valence-electron chi connectivity index (χ0n) is 21.7. The Morgan fingerprint density at radius 3 is 2.46 bits per heavy atom. The van der Waals surface area contributed by atoms with Crippen LogP contribution in [0.25, 0.3) is 22.1 Å². The highest BCUT2D eigenvalue weighted by Crippen LogP contribution is 2.33. The third-order valence-electron chi connectivity index (χ3n) is 6.76. The topological polar surface area (TPSA) is 111 Å². The molecule has 5 aromatic rings. The number of furan rings is 1. The Morgan fingerprint density at radius 1 is 1.08 bits per heavy atom. The molecule has 0 saturated carbocycles. The standard InChI is InChI=1S/C29H29ClN4O4S/c1-3-24(34(16-15-31)39(36,37)22-12-9-19(2)10-13-22)28-32-26-23-17-21(30)11-14-25(23)38-27(26)29(35)33(28)18-20-7-5-4-6-8-20/h4-14,17,24H,3,15-16,18,31H2,1-2H3. The van der Waals surface area contributed by atoms with Crippen LogP contribution in [0.4, 0.5) is 0 Å². The molecule has 0 fully saturated rings. The van der Waals surface area contributed by atoms with Gasteiger partial charge in [0, 0.05) is 23.5 Å². The number of hydrogen-bond donors (Lipinski definition) is 1. The van der Waals surface area contributed by atoms with Gasteiger partial charge in [0.15, 0.2) is 0 Å². The molecule has 0 saturated heterocycles. The average molecular weight is 565 g/mol. The van der Waals surface area contributed by atoms with Gasteiger partial charge >= 0.3 is 0 Å². The molecule has 0 spiro atoms. The fourth-order valence-electron chi connectivity index (χ4n) is 4.82. The Hall–Kier alpha value is -3.50. The maximum Gasteiger partial charge on any atom is 0.297 e. The summed E-state index contributed by atoms with van der Waals surface area (Å²) < 4.78 is 36.7. The number of halogens is 1. The SMILES string of the molecule is CCC(c1nc2c(oc3ccc(Cl)cc32)c(=O)n1Cc1ccccc1)N(CCN)S(=O)(=O)c1ccc(C)cc1. The molecule has 202 valence electrons. The van der Waals surface area contributed by atoms with E-state index in [4.69, 9.17) is 26.7 Å². The van der Waals surface area contributed by atoms with Gasteiger partial charge in [0.25, 0.3) is 5.56 Å². The number of aromatic nitrogens is 2. The molecule has 5 rings (SSSR count). The Morgan fingerprint density at radius 2 is 1.79 bits per heavy atom. The second-order valence-corrected chi connectivity index (χ2v) is 11.7. The summed E-state index contributed by atoms with van der Waals surface area (Å²) in [6, 6.07) is 20.4. The van der Waals surface area contributed by atoms with E-state index in [0.29, 0.717) is 33.8 Å². The highest BCUT2D eigenvalue weighted by Gasteiger charge is 2.34. The van der Waals surface area contributed by atoms with Crippen molar-refractivity contribution in [3.63, 3.8) is 0 Å². The summed E-state index contributed by atoms with van der Waals surface area (Å²) in [5.74, 6) is 0.311. The average Bonchev–Trinajstić information content (AvgIpc) is 3.29. The van der Waals surface area contributed by atoms with E-state index in [9.17, 15) is 13.2 Å². The van der Waals surface area contributed by atoms with E-state index in [0.717, 1.165) is 11.1 Å². The number of aryl methyl sites for hydroxylation is 1. The number of sulfonamides is 1. The number of nitrogens with zero attached hydrogens (tertiary/aromatic N) is 3. The first kappa shape index (κ1) is 27.1. The van der Waals surface area contributed by atoms with Gasteiger partial charge in [0.05, 0.1) is 17.5 Å². The summed E-state index contributed by atoms with van der Waals surface area (Å²) >= 11 is 6.26. The van der Waals surface area contributed by atoms with E-state index < -0.39 is 21.6 Å². The lowest BCUT2D eigenvalue weighted by molar-refractivity contribution is 0.301. The zero-order valence-corrected chi connectivity index (χ0v) is 23.2. The van der Waals surface area contributed by atoms with Gasteiger partial charge in [-0.1, -0.05) is 66.6 Å². The number of nitrogens with two attached hydrogens (primary N) is 1. The van der Waals surface area contributed by atoms with Crippen molar-refractivity contribution in [2.45, 2.75) is 37.8 Å². The molecular formula is C29H29ClN4O4S. The van der Waals surface area contributed by atoms with Gasteiger partial charge in [-0.2, -0.15) is 4.31 Å². The Kier molecular flexibility index (Phi) is 7.59. The van der Waals surface area contributed by atoms with Crippen molar-refractivity contribution in [1.29, 1.82) is 0 Å². The van der Waals surface area contributed by atoms with Crippen molar-refractivity contribution in [2.24, 2.45) is 5.73 Å². The molecule has 1 atom stereocenters. The predicted molar refractivity (Wildman–Crippen MR) is 153 cm³/mol. The molecule has 2 aromatic heterocycles. The van der Waals surface area contributed by atoms with Crippen LogP contribution in [-0.4, -0.2) is 35.4 Å². The molecule has 0 aliphatic carbocycles. The van der Waals surface area contributed by atoms with E-state index in [1.54, 1.807) is 42.5 Å². The maximum atomic E-state index is 14.0. The van der Waals surface area contributed by atoms with Gasteiger partial charge in [-0.3, -0.25) is 9.36 Å². The van der Waals surface area contributed by atoms with Gasteiger partial charge in [-0.15, -0.1) is 0 Å². The van der Waals surface area contributed by atoms with E-state index >= 15 is 0 Å². The maximum absolute atomic E-state index is 14.0. The predicted octanol–water partition coefficient (Wildman–Crippen LogP) is 5.25. The van der Waals surface area contributed by atoms with Crippen molar-refractivity contribution < 1.29 is 12.8 Å². The van der Waals surface area contributed by atoms with E-state index in [-0.39, 0.29) is 30.1 Å². The smallest absolute Gasteiger partial charge is 0.297 e. The van der Waals surface area contributed by atoms with Gasteiger partial charge in [-0.05, 0) is 49.2 Å². The Bertz CT molecular complexity index is 1800. The quantitative estimate of drug-likeness (QED) is 0.261. The molecule has 2 heterocycles. The number of benzene rings is 3. The number of fused-ring (bicyclic) bond motifs is 3.